The van der Waals surface area contributed by atoms with Crippen molar-refractivity contribution in [2.45, 2.75) is 5.38 Å². The van der Waals surface area contributed by atoms with Crippen LogP contribution in [0.25, 0.3) is 0 Å². The van der Waals surface area contributed by atoms with E-state index in [4.69, 9.17) is 34.8 Å². The van der Waals surface area contributed by atoms with Crippen molar-refractivity contribution in [1.29, 1.82) is 0 Å². The first-order valence-corrected chi connectivity index (χ1v) is 7.17. The van der Waals surface area contributed by atoms with E-state index < -0.39 is 17.1 Å². The second-order valence-corrected chi connectivity index (χ2v) is 5.46. The Kier molecular flexibility index (Phi) is 5.23. The van der Waals surface area contributed by atoms with Crippen molar-refractivity contribution < 1.29 is 9.59 Å². The number of ketones is 1. The van der Waals surface area contributed by atoms with E-state index in [-0.39, 0.29) is 0 Å². The van der Waals surface area contributed by atoms with Crippen molar-refractivity contribution in [2.75, 3.05) is 5.32 Å². The smallest absolute Gasteiger partial charge is 0.250 e. The van der Waals surface area contributed by atoms with Crippen LogP contribution >= 0.6 is 34.8 Å². The summed E-state index contributed by atoms with van der Waals surface area (Å²) in [5.74, 6) is -1.08. The van der Waals surface area contributed by atoms with E-state index in [1.165, 1.54) is 6.07 Å². The standard InChI is InChI=1S/C15H10Cl3NO2/c16-11-7-6-10(8-12(11)17)19-15(21)13(18)14(20)9-4-2-1-3-5-9/h1-8,13H,(H,19,21)/t13-/m1/s1. The van der Waals surface area contributed by atoms with Gasteiger partial charge >= 0.3 is 0 Å². The highest BCUT2D eigenvalue weighted by Gasteiger charge is 2.25. The SMILES string of the molecule is O=C(Nc1ccc(Cl)c(Cl)c1)[C@H](Cl)C(=O)c1ccccc1. The highest BCUT2D eigenvalue weighted by Crippen LogP contribution is 2.25. The van der Waals surface area contributed by atoms with E-state index in [0.29, 0.717) is 21.3 Å². The summed E-state index contributed by atoms with van der Waals surface area (Å²) in [6, 6.07) is 13.0. The maximum atomic E-state index is 12.1. The number of anilines is 1. The summed E-state index contributed by atoms with van der Waals surface area (Å²) in [6.07, 6.45) is 0. The Morgan fingerprint density at radius 2 is 1.62 bits per heavy atom. The summed E-state index contributed by atoms with van der Waals surface area (Å²) < 4.78 is 0. The molecule has 2 aromatic carbocycles. The molecule has 0 saturated carbocycles. The van der Waals surface area contributed by atoms with Gasteiger partial charge in [0.25, 0.3) is 0 Å². The average molecular weight is 343 g/mol. The Morgan fingerprint density at radius 1 is 0.952 bits per heavy atom. The molecule has 0 aliphatic heterocycles. The molecule has 0 bridgehead atoms. The van der Waals surface area contributed by atoms with Gasteiger partial charge in [0.1, 0.15) is 0 Å². The Morgan fingerprint density at radius 3 is 2.24 bits per heavy atom. The first-order chi connectivity index (χ1) is 9.99. The van der Waals surface area contributed by atoms with Crippen molar-refractivity contribution in [2.24, 2.45) is 0 Å². The molecule has 21 heavy (non-hydrogen) atoms. The molecule has 0 aliphatic rings. The molecule has 0 aromatic heterocycles. The number of hydrogen-bond acceptors (Lipinski definition) is 2. The fourth-order valence-electron chi connectivity index (χ4n) is 1.65. The summed E-state index contributed by atoms with van der Waals surface area (Å²) in [7, 11) is 0. The third kappa shape index (κ3) is 3.97. The van der Waals surface area contributed by atoms with Gasteiger partial charge in [-0.15, -0.1) is 11.6 Å². The average Bonchev–Trinajstić information content (AvgIpc) is 2.50. The predicted octanol–water partition coefficient (Wildman–Crippen LogP) is 4.42. The molecule has 6 heteroatoms. The molecule has 0 heterocycles. The van der Waals surface area contributed by atoms with Crippen LogP contribution in [0, 0.1) is 0 Å². The molecule has 108 valence electrons. The molecular weight excluding hydrogens is 333 g/mol. The summed E-state index contributed by atoms with van der Waals surface area (Å²) in [4.78, 5) is 24.0. The van der Waals surface area contributed by atoms with Gasteiger partial charge in [-0.2, -0.15) is 0 Å². The summed E-state index contributed by atoms with van der Waals surface area (Å²) in [5.41, 5.74) is 0.794. The normalized spacial score (nSPS) is 11.8. The Hall–Kier alpha value is -1.55. The van der Waals surface area contributed by atoms with E-state index in [2.05, 4.69) is 5.32 Å². The number of nitrogens with one attached hydrogen (secondary N) is 1. The second kappa shape index (κ2) is 6.94. The van der Waals surface area contributed by atoms with Gasteiger partial charge in [-0.3, -0.25) is 9.59 Å². The maximum Gasteiger partial charge on any atom is 0.250 e. The number of halogens is 3. The molecule has 3 nitrogen and oxygen atoms in total. The van der Waals surface area contributed by atoms with Crippen molar-refractivity contribution >= 4 is 52.2 Å². The molecule has 1 amide bonds. The van der Waals surface area contributed by atoms with Gasteiger partial charge < -0.3 is 5.32 Å². The van der Waals surface area contributed by atoms with E-state index in [9.17, 15) is 9.59 Å². The number of Topliss-reactive ketones (excluding diaryl/α,β-unsaturated/α-hetero) is 1. The lowest BCUT2D eigenvalue weighted by Gasteiger charge is -2.10. The number of alkyl halides is 1. The zero-order valence-electron chi connectivity index (χ0n) is 10.6. The fourth-order valence-corrected chi connectivity index (χ4v) is 2.13. The largest absolute Gasteiger partial charge is 0.324 e. The minimum atomic E-state index is -1.32. The Labute approximate surface area is 136 Å². The highest BCUT2D eigenvalue weighted by molar-refractivity contribution is 6.45. The molecule has 0 aliphatic carbocycles. The molecule has 0 saturated heterocycles. The van der Waals surface area contributed by atoms with Crippen molar-refractivity contribution in [1.82, 2.24) is 0 Å². The molecule has 2 rings (SSSR count). The summed E-state index contributed by atoms with van der Waals surface area (Å²) in [5, 5.41) is 1.88. The Balaban J connectivity index is 2.09. The van der Waals surface area contributed by atoms with E-state index in [1.54, 1.807) is 42.5 Å². The van der Waals surface area contributed by atoms with Crippen molar-refractivity contribution in [3.8, 4) is 0 Å². The van der Waals surface area contributed by atoms with Crippen LogP contribution in [-0.4, -0.2) is 17.1 Å². The van der Waals surface area contributed by atoms with Gasteiger partial charge in [0.2, 0.25) is 5.91 Å². The van der Waals surface area contributed by atoms with Crippen molar-refractivity contribution in [3.63, 3.8) is 0 Å². The second-order valence-electron chi connectivity index (χ2n) is 4.21. The third-order valence-corrected chi connectivity index (χ3v) is 3.84. The van der Waals surface area contributed by atoms with Crippen LogP contribution in [0.15, 0.2) is 48.5 Å². The quantitative estimate of drug-likeness (QED) is 0.508. The molecule has 1 N–H and O–H groups in total. The zero-order chi connectivity index (χ0) is 15.4. The summed E-state index contributed by atoms with van der Waals surface area (Å²) >= 11 is 17.6. The molecule has 0 fully saturated rings. The maximum absolute atomic E-state index is 12.1. The first-order valence-electron chi connectivity index (χ1n) is 5.98. The van der Waals surface area contributed by atoms with Crippen LogP contribution in [0.5, 0.6) is 0 Å². The van der Waals surface area contributed by atoms with Crippen LogP contribution in [0.4, 0.5) is 5.69 Å². The van der Waals surface area contributed by atoms with Crippen LogP contribution < -0.4 is 5.32 Å². The number of benzene rings is 2. The lowest BCUT2D eigenvalue weighted by atomic mass is 10.1. The first kappa shape index (κ1) is 15.8. The minimum Gasteiger partial charge on any atom is -0.324 e. The molecule has 0 unspecified atom stereocenters. The van der Waals surface area contributed by atoms with Crippen LogP contribution in [0.2, 0.25) is 10.0 Å². The highest BCUT2D eigenvalue weighted by atomic mass is 35.5. The van der Waals surface area contributed by atoms with E-state index in [1.807, 2.05) is 0 Å². The van der Waals surface area contributed by atoms with Gasteiger partial charge in [0.15, 0.2) is 11.2 Å². The topological polar surface area (TPSA) is 46.2 Å². The molecular formula is C15H10Cl3NO2. The molecule has 1 atom stereocenters. The lowest BCUT2D eigenvalue weighted by molar-refractivity contribution is -0.115. The molecule has 0 spiro atoms. The number of hydrogen-bond donors (Lipinski definition) is 1. The van der Waals surface area contributed by atoms with Gasteiger partial charge in [-0.25, -0.2) is 0 Å². The van der Waals surface area contributed by atoms with Gasteiger partial charge in [-0.05, 0) is 18.2 Å². The summed E-state index contributed by atoms with van der Waals surface area (Å²) in [6.45, 7) is 0. The van der Waals surface area contributed by atoms with Gasteiger partial charge in [0, 0.05) is 11.3 Å². The fraction of sp³-hybridized carbons (Fsp3) is 0.0667. The zero-order valence-corrected chi connectivity index (χ0v) is 12.9. The van der Waals surface area contributed by atoms with Crippen LogP contribution in [0.3, 0.4) is 0 Å². The lowest BCUT2D eigenvalue weighted by Crippen LogP contribution is -2.30. The number of carbonyl (C=O) groups excluding carboxylic acids is 2. The number of carbonyl (C=O) groups is 2. The number of rotatable bonds is 4. The molecule has 0 radical (unpaired) electrons. The van der Waals surface area contributed by atoms with E-state index >= 15 is 0 Å². The monoisotopic (exact) mass is 341 g/mol. The predicted molar refractivity (Wildman–Crippen MR) is 85.5 cm³/mol. The van der Waals surface area contributed by atoms with Crippen LogP contribution in [0.1, 0.15) is 10.4 Å². The minimum absolute atomic E-state index is 0.301. The van der Waals surface area contributed by atoms with Crippen LogP contribution in [-0.2, 0) is 4.79 Å². The molecule has 2 aromatic rings. The third-order valence-electron chi connectivity index (χ3n) is 2.71. The van der Waals surface area contributed by atoms with Gasteiger partial charge in [-0.1, -0.05) is 53.5 Å². The van der Waals surface area contributed by atoms with E-state index in [0.717, 1.165) is 0 Å². The Bertz CT molecular complexity index is 674. The number of amides is 1. The van der Waals surface area contributed by atoms with Crippen molar-refractivity contribution in [3.05, 3.63) is 64.1 Å². The van der Waals surface area contributed by atoms with Gasteiger partial charge in [0.05, 0.1) is 10.0 Å².